The molecule has 1 saturated carbocycles. The number of carbonyl (C=O) groups excluding carboxylic acids is 2. The highest BCUT2D eigenvalue weighted by molar-refractivity contribution is 5.96. The zero-order valence-corrected chi connectivity index (χ0v) is 22.0. The van der Waals surface area contributed by atoms with Crippen LogP contribution >= 0.6 is 0 Å². The Balaban J connectivity index is 1.53. The topological polar surface area (TPSA) is 88.7 Å². The molecule has 0 aliphatic heterocycles. The summed E-state index contributed by atoms with van der Waals surface area (Å²) in [6.07, 6.45) is 8.07. The molecule has 2 amide bonds. The molecule has 8 heteroatoms. The maximum atomic E-state index is 13.8. The lowest BCUT2D eigenvalue weighted by Crippen LogP contribution is -2.47. The van der Waals surface area contributed by atoms with Gasteiger partial charge in [0, 0.05) is 48.7 Å². The van der Waals surface area contributed by atoms with E-state index in [-0.39, 0.29) is 30.1 Å². The Morgan fingerprint density at radius 2 is 1.68 bits per heavy atom. The van der Waals surface area contributed by atoms with Crippen LogP contribution in [0.1, 0.15) is 67.1 Å². The molecule has 1 aliphatic rings. The van der Waals surface area contributed by atoms with Crippen LogP contribution in [0.25, 0.3) is 0 Å². The number of nitro groups is 1. The van der Waals surface area contributed by atoms with Crippen molar-refractivity contribution in [3.8, 4) is 0 Å². The van der Waals surface area contributed by atoms with Crippen LogP contribution in [-0.2, 0) is 17.9 Å². The van der Waals surface area contributed by atoms with Gasteiger partial charge in [0.1, 0.15) is 6.54 Å². The van der Waals surface area contributed by atoms with Gasteiger partial charge in [0.2, 0.25) is 5.91 Å². The third-order valence-electron chi connectivity index (χ3n) is 7.22. The number of non-ortho nitro benzene ring substituents is 1. The molecule has 1 fully saturated rings. The smallest absolute Gasteiger partial charge is 0.269 e. The number of nitrogens with zero attached hydrogens (tertiary/aromatic N) is 4. The average Bonchev–Trinajstić information content (AvgIpc) is 3.38. The van der Waals surface area contributed by atoms with Gasteiger partial charge in [-0.1, -0.05) is 56.5 Å². The molecule has 0 N–H and O–H groups in total. The van der Waals surface area contributed by atoms with Crippen molar-refractivity contribution < 1.29 is 14.5 Å². The van der Waals surface area contributed by atoms with E-state index in [1.54, 1.807) is 4.90 Å². The standard InChI is InChI=1S/C30H36N4O4/c1-2-19-32(30(36)25-15-17-27(18-16-25)34(37)38)23-29(35)33(26-12-7-4-8-13-26)22-28-14-9-20-31(28)21-24-10-5-3-6-11-24/h3,5-6,9-11,14-18,20,26H,2,4,7-8,12-13,19,21-23H2,1H3. The minimum atomic E-state index is -0.489. The van der Waals surface area contributed by atoms with Gasteiger partial charge in [0.15, 0.2) is 0 Å². The van der Waals surface area contributed by atoms with Crippen LogP contribution in [0.2, 0.25) is 0 Å². The number of hydrogen-bond donors (Lipinski definition) is 0. The van der Waals surface area contributed by atoms with Crippen molar-refractivity contribution in [3.05, 3.63) is 99.9 Å². The summed E-state index contributed by atoms with van der Waals surface area (Å²) in [4.78, 5) is 41.2. The molecule has 1 heterocycles. The minimum absolute atomic E-state index is 0.0143. The summed E-state index contributed by atoms with van der Waals surface area (Å²) in [5, 5.41) is 11.0. The molecule has 1 aliphatic carbocycles. The molecule has 0 bridgehead atoms. The van der Waals surface area contributed by atoms with Crippen LogP contribution in [0.3, 0.4) is 0 Å². The Kier molecular flexibility index (Phi) is 9.30. The monoisotopic (exact) mass is 516 g/mol. The summed E-state index contributed by atoms with van der Waals surface area (Å²) < 4.78 is 2.18. The summed E-state index contributed by atoms with van der Waals surface area (Å²) in [5.74, 6) is -0.348. The minimum Gasteiger partial charge on any atom is -0.345 e. The predicted molar refractivity (Wildman–Crippen MR) is 147 cm³/mol. The lowest BCUT2D eigenvalue weighted by molar-refractivity contribution is -0.384. The van der Waals surface area contributed by atoms with E-state index in [0.717, 1.165) is 37.9 Å². The fourth-order valence-electron chi connectivity index (χ4n) is 5.20. The molecule has 0 unspecified atom stereocenters. The molecule has 4 rings (SSSR count). The molecule has 200 valence electrons. The second-order valence-electron chi connectivity index (χ2n) is 9.96. The lowest BCUT2D eigenvalue weighted by Gasteiger charge is -2.36. The van der Waals surface area contributed by atoms with Gasteiger partial charge < -0.3 is 14.4 Å². The Labute approximate surface area is 224 Å². The Morgan fingerprint density at radius 1 is 0.974 bits per heavy atom. The van der Waals surface area contributed by atoms with Crippen molar-refractivity contribution >= 4 is 17.5 Å². The van der Waals surface area contributed by atoms with Gasteiger partial charge in [-0.05, 0) is 49.1 Å². The first-order chi connectivity index (χ1) is 18.5. The highest BCUT2D eigenvalue weighted by atomic mass is 16.6. The molecule has 8 nitrogen and oxygen atoms in total. The van der Waals surface area contributed by atoms with E-state index in [1.807, 2.05) is 42.3 Å². The van der Waals surface area contributed by atoms with E-state index in [9.17, 15) is 19.7 Å². The van der Waals surface area contributed by atoms with Gasteiger partial charge in [-0.2, -0.15) is 0 Å². The highest BCUT2D eigenvalue weighted by Gasteiger charge is 2.29. The first-order valence-corrected chi connectivity index (χ1v) is 13.5. The predicted octanol–water partition coefficient (Wildman–Crippen LogP) is 5.66. The SMILES string of the molecule is CCCN(CC(=O)N(Cc1cccn1Cc1ccccc1)C1CCCCC1)C(=O)c1ccc([N+](=O)[O-])cc1. The number of amides is 2. The molecule has 0 spiro atoms. The Morgan fingerprint density at radius 3 is 2.34 bits per heavy atom. The number of rotatable bonds is 11. The number of nitro benzene ring substituents is 1. The van der Waals surface area contributed by atoms with E-state index in [4.69, 9.17) is 0 Å². The third kappa shape index (κ3) is 6.88. The second kappa shape index (κ2) is 13.0. The van der Waals surface area contributed by atoms with Gasteiger partial charge >= 0.3 is 0 Å². The molecule has 2 aromatic carbocycles. The summed E-state index contributed by atoms with van der Waals surface area (Å²) in [7, 11) is 0. The van der Waals surface area contributed by atoms with Gasteiger partial charge in [-0.25, -0.2) is 0 Å². The van der Waals surface area contributed by atoms with Crippen LogP contribution in [0.15, 0.2) is 72.9 Å². The van der Waals surface area contributed by atoms with E-state index >= 15 is 0 Å². The van der Waals surface area contributed by atoms with Gasteiger partial charge in [-0.15, -0.1) is 0 Å². The van der Waals surface area contributed by atoms with Crippen molar-refractivity contribution in [3.63, 3.8) is 0 Å². The highest BCUT2D eigenvalue weighted by Crippen LogP contribution is 2.25. The fraction of sp³-hybridized carbons (Fsp3) is 0.400. The fourth-order valence-corrected chi connectivity index (χ4v) is 5.20. The first kappa shape index (κ1) is 27.1. The summed E-state index contributed by atoms with van der Waals surface area (Å²) >= 11 is 0. The van der Waals surface area contributed by atoms with Crippen molar-refractivity contribution in [1.82, 2.24) is 14.4 Å². The summed E-state index contributed by atoms with van der Waals surface area (Å²) in [5.41, 5.74) is 2.54. The average molecular weight is 517 g/mol. The molecule has 0 radical (unpaired) electrons. The van der Waals surface area contributed by atoms with Crippen molar-refractivity contribution in [2.75, 3.05) is 13.1 Å². The van der Waals surface area contributed by atoms with Gasteiger partial charge in [0.25, 0.3) is 11.6 Å². The van der Waals surface area contributed by atoms with Crippen LogP contribution < -0.4 is 0 Å². The number of carbonyl (C=O) groups is 2. The summed E-state index contributed by atoms with van der Waals surface area (Å²) in [6.45, 7) is 3.62. The van der Waals surface area contributed by atoms with Crippen molar-refractivity contribution in [2.24, 2.45) is 0 Å². The van der Waals surface area contributed by atoms with E-state index < -0.39 is 4.92 Å². The summed E-state index contributed by atoms with van der Waals surface area (Å²) in [6, 6.07) is 20.1. The van der Waals surface area contributed by atoms with E-state index in [1.165, 1.54) is 36.2 Å². The molecule has 1 aromatic heterocycles. The largest absolute Gasteiger partial charge is 0.345 e. The number of benzene rings is 2. The molecule has 0 saturated heterocycles. The maximum Gasteiger partial charge on any atom is 0.269 e. The molecule has 38 heavy (non-hydrogen) atoms. The number of hydrogen-bond acceptors (Lipinski definition) is 4. The Bertz CT molecular complexity index is 1220. The Hall–Kier alpha value is -3.94. The third-order valence-corrected chi connectivity index (χ3v) is 7.22. The van der Waals surface area contributed by atoms with Gasteiger partial charge in [0.05, 0.1) is 11.5 Å². The molecular weight excluding hydrogens is 480 g/mol. The quantitative estimate of drug-likeness (QED) is 0.243. The van der Waals surface area contributed by atoms with Crippen LogP contribution in [0.4, 0.5) is 5.69 Å². The van der Waals surface area contributed by atoms with Crippen molar-refractivity contribution in [2.45, 2.75) is 64.6 Å². The molecule has 3 aromatic rings. The molecular formula is C30H36N4O4. The number of aromatic nitrogens is 1. The van der Waals surface area contributed by atoms with Crippen LogP contribution in [0.5, 0.6) is 0 Å². The lowest BCUT2D eigenvalue weighted by atomic mass is 9.94. The first-order valence-electron chi connectivity index (χ1n) is 13.5. The van der Waals surface area contributed by atoms with Crippen LogP contribution in [-0.4, -0.2) is 50.2 Å². The zero-order valence-electron chi connectivity index (χ0n) is 22.0. The van der Waals surface area contributed by atoms with E-state index in [2.05, 4.69) is 22.8 Å². The maximum absolute atomic E-state index is 13.8. The second-order valence-corrected chi connectivity index (χ2v) is 9.96. The van der Waals surface area contributed by atoms with Crippen LogP contribution in [0, 0.1) is 10.1 Å². The van der Waals surface area contributed by atoms with E-state index in [0.29, 0.717) is 25.1 Å². The van der Waals surface area contributed by atoms with Gasteiger partial charge in [-0.3, -0.25) is 19.7 Å². The van der Waals surface area contributed by atoms with Crippen molar-refractivity contribution in [1.29, 1.82) is 0 Å². The molecule has 0 atom stereocenters. The normalized spacial score (nSPS) is 13.7. The zero-order chi connectivity index (χ0) is 26.9.